The first kappa shape index (κ1) is 26.3. The number of nitrogens with zero attached hydrogens (tertiary/aromatic N) is 4. The van der Waals surface area contributed by atoms with Gasteiger partial charge in [0.1, 0.15) is 23.0 Å². The largest absolute Gasteiger partial charge is 0.457 e. The van der Waals surface area contributed by atoms with Crippen LogP contribution in [0.15, 0.2) is 60.5 Å². The van der Waals surface area contributed by atoms with Gasteiger partial charge < -0.3 is 24.5 Å². The molecule has 0 fully saturated rings. The molecule has 0 aliphatic carbocycles. The summed E-state index contributed by atoms with van der Waals surface area (Å²) in [6.45, 7) is 4.61. The van der Waals surface area contributed by atoms with Gasteiger partial charge >= 0.3 is 6.18 Å². The summed E-state index contributed by atoms with van der Waals surface area (Å²) in [5.74, 6) is 1.47. The molecule has 2 aromatic carbocycles. The number of anilines is 2. The van der Waals surface area contributed by atoms with Crippen LogP contribution in [0.2, 0.25) is 0 Å². The van der Waals surface area contributed by atoms with Crippen molar-refractivity contribution in [3.8, 4) is 5.75 Å². The first-order valence-corrected chi connectivity index (χ1v) is 12.5. The van der Waals surface area contributed by atoms with Gasteiger partial charge in [-0.05, 0) is 48.2 Å². The van der Waals surface area contributed by atoms with E-state index in [-0.39, 0.29) is 11.6 Å². The topological polar surface area (TPSA) is 71.0 Å². The van der Waals surface area contributed by atoms with Gasteiger partial charge in [-0.3, -0.25) is 0 Å². The second kappa shape index (κ2) is 10.1. The zero-order valence-electron chi connectivity index (χ0n) is 21.9. The molecule has 0 radical (unpaired) electrons. The third-order valence-corrected chi connectivity index (χ3v) is 6.89. The standard InChI is InChI=1S/C28H28F4N6O/c1-5-16(2)17-6-8-20(29)21(12-17)34-27-35-22-13-18(7-9-23(22)38(27)4)39-19-10-11-37(3)24(14-19)26-33-15-25(36-26)28(30,31)32/h6-10,12-16H,5,11H2,1-4H3,(H,33,36)(H,34,35). The number of hydrogen-bond acceptors (Lipinski definition) is 5. The van der Waals surface area contributed by atoms with Crippen molar-refractivity contribution >= 4 is 28.4 Å². The van der Waals surface area contributed by atoms with Crippen LogP contribution in [0.25, 0.3) is 16.7 Å². The van der Waals surface area contributed by atoms with E-state index < -0.39 is 11.9 Å². The van der Waals surface area contributed by atoms with E-state index >= 15 is 0 Å². The number of alkyl halides is 3. The van der Waals surface area contributed by atoms with Gasteiger partial charge in [-0.1, -0.05) is 19.9 Å². The molecular formula is C28H28F4N6O. The normalized spacial score (nSPS) is 14.8. The molecular weight excluding hydrogens is 512 g/mol. The molecule has 0 bridgehead atoms. The van der Waals surface area contributed by atoms with Gasteiger partial charge in [0.15, 0.2) is 5.82 Å². The lowest BCUT2D eigenvalue weighted by atomic mass is 9.98. The molecule has 0 saturated heterocycles. The Morgan fingerprint density at radius 3 is 2.67 bits per heavy atom. The molecule has 4 aromatic rings. The number of likely N-dealkylation sites (N-methyl/N-ethyl adjacent to an activating group) is 1. The summed E-state index contributed by atoms with van der Waals surface area (Å²) in [5.41, 5.74) is 2.39. The monoisotopic (exact) mass is 540 g/mol. The highest BCUT2D eigenvalue weighted by atomic mass is 19.4. The van der Waals surface area contributed by atoms with Crippen molar-refractivity contribution in [2.24, 2.45) is 7.05 Å². The van der Waals surface area contributed by atoms with Crippen molar-refractivity contribution < 1.29 is 22.3 Å². The number of allylic oxidation sites excluding steroid dienone is 1. The smallest absolute Gasteiger partial charge is 0.432 e. The zero-order chi connectivity index (χ0) is 27.9. The lowest BCUT2D eigenvalue weighted by molar-refractivity contribution is -0.140. The summed E-state index contributed by atoms with van der Waals surface area (Å²) in [6.07, 6.45) is 0.656. The second-order valence-electron chi connectivity index (χ2n) is 9.58. The van der Waals surface area contributed by atoms with Crippen molar-refractivity contribution in [1.29, 1.82) is 0 Å². The Hall–Kier alpha value is -4.28. The van der Waals surface area contributed by atoms with Crippen LogP contribution in [0.3, 0.4) is 0 Å². The molecule has 39 heavy (non-hydrogen) atoms. The minimum atomic E-state index is -4.51. The van der Waals surface area contributed by atoms with Crippen LogP contribution < -0.4 is 10.1 Å². The Bertz CT molecular complexity index is 1580. The Morgan fingerprint density at radius 1 is 1.15 bits per heavy atom. The Balaban J connectivity index is 1.38. The van der Waals surface area contributed by atoms with Gasteiger partial charge in [-0.2, -0.15) is 13.2 Å². The highest BCUT2D eigenvalue weighted by Crippen LogP contribution is 2.32. The third kappa shape index (κ3) is 5.34. The second-order valence-corrected chi connectivity index (χ2v) is 9.58. The summed E-state index contributed by atoms with van der Waals surface area (Å²) >= 11 is 0. The Labute approximate surface area is 222 Å². The fourth-order valence-corrected chi connectivity index (χ4v) is 4.34. The van der Waals surface area contributed by atoms with Crippen molar-refractivity contribution in [1.82, 2.24) is 24.4 Å². The number of aromatic amines is 1. The SMILES string of the molecule is CCC(C)c1ccc(F)c(Nc2nc3cc(OC4=CCN(C)C(c5ncc(C(F)(F)F)[nH]5)=C4)ccc3n2C)c1. The number of H-pyrrole nitrogens is 1. The Kier molecular flexibility index (Phi) is 6.83. The summed E-state index contributed by atoms with van der Waals surface area (Å²) in [7, 11) is 3.59. The first-order valence-electron chi connectivity index (χ1n) is 12.5. The van der Waals surface area contributed by atoms with Crippen LogP contribution in [0, 0.1) is 5.82 Å². The number of imidazole rings is 2. The quantitative estimate of drug-likeness (QED) is 0.248. The lowest BCUT2D eigenvalue weighted by Gasteiger charge is -2.24. The summed E-state index contributed by atoms with van der Waals surface area (Å²) in [6, 6.07) is 10.4. The van der Waals surface area contributed by atoms with E-state index in [0.29, 0.717) is 46.8 Å². The molecule has 11 heteroatoms. The number of rotatable bonds is 7. The van der Waals surface area contributed by atoms with Crippen LogP contribution in [0.4, 0.5) is 29.2 Å². The summed E-state index contributed by atoms with van der Waals surface area (Å²) in [5, 5.41) is 3.11. The number of aromatic nitrogens is 4. The predicted molar refractivity (Wildman–Crippen MR) is 142 cm³/mol. The number of benzene rings is 2. The Morgan fingerprint density at radius 2 is 1.95 bits per heavy atom. The van der Waals surface area contributed by atoms with E-state index in [1.807, 2.05) is 29.8 Å². The molecule has 2 N–H and O–H groups in total. The number of halogens is 4. The molecule has 0 spiro atoms. The molecule has 2 aromatic heterocycles. The minimum Gasteiger partial charge on any atom is -0.457 e. The van der Waals surface area contributed by atoms with Gasteiger partial charge in [0.2, 0.25) is 5.95 Å². The minimum absolute atomic E-state index is 0.0968. The molecule has 1 unspecified atom stereocenters. The van der Waals surface area contributed by atoms with Crippen LogP contribution in [0.1, 0.15) is 43.3 Å². The van der Waals surface area contributed by atoms with E-state index in [4.69, 9.17) is 4.74 Å². The van der Waals surface area contributed by atoms with Crippen molar-refractivity contribution in [2.45, 2.75) is 32.4 Å². The van der Waals surface area contributed by atoms with Crippen LogP contribution >= 0.6 is 0 Å². The van der Waals surface area contributed by atoms with E-state index in [0.717, 1.165) is 23.7 Å². The van der Waals surface area contributed by atoms with E-state index in [1.54, 1.807) is 36.2 Å². The molecule has 0 saturated carbocycles. The van der Waals surface area contributed by atoms with Crippen LogP contribution in [0.5, 0.6) is 5.75 Å². The molecule has 1 atom stereocenters. The third-order valence-electron chi connectivity index (χ3n) is 6.89. The highest BCUT2D eigenvalue weighted by Gasteiger charge is 2.33. The average Bonchev–Trinajstić information content (AvgIpc) is 3.51. The molecule has 7 nitrogen and oxygen atoms in total. The van der Waals surface area contributed by atoms with E-state index in [1.165, 1.54) is 6.07 Å². The predicted octanol–water partition coefficient (Wildman–Crippen LogP) is 6.96. The zero-order valence-corrected chi connectivity index (χ0v) is 21.9. The summed E-state index contributed by atoms with van der Waals surface area (Å²) < 4.78 is 61.5. The number of hydrogen-bond donors (Lipinski definition) is 2. The number of aryl methyl sites for hydroxylation is 1. The fourth-order valence-electron chi connectivity index (χ4n) is 4.34. The van der Waals surface area contributed by atoms with Gasteiger partial charge in [0, 0.05) is 32.8 Å². The summed E-state index contributed by atoms with van der Waals surface area (Å²) in [4.78, 5) is 12.6. The van der Waals surface area contributed by atoms with Gasteiger partial charge in [0.05, 0.1) is 28.6 Å². The first-order chi connectivity index (χ1) is 18.5. The van der Waals surface area contributed by atoms with Crippen LogP contribution in [-0.2, 0) is 13.2 Å². The maximum atomic E-state index is 14.6. The van der Waals surface area contributed by atoms with Gasteiger partial charge in [-0.25, -0.2) is 14.4 Å². The molecule has 0 amide bonds. The molecule has 5 rings (SSSR count). The van der Waals surface area contributed by atoms with E-state index in [9.17, 15) is 17.6 Å². The maximum Gasteiger partial charge on any atom is 0.432 e. The molecule has 1 aliphatic heterocycles. The lowest BCUT2D eigenvalue weighted by Crippen LogP contribution is -2.22. The molecule has 3 heterocycles. The van der Waals surface area contributed by atoms with Crippen molar-refractivity contribution in [3.05, 3.63) is 83.4 Å². The molecule has 204 valence electrons. The van der Waals surface area contributed by atoms with Gasteiger partial charge in [-0.15, -0.1) is 0 Å². The van der Waals surface area contributed by atoms with E-state index in [2.05, 4.69) is 34.1 Å². The van der Waals surface area contributed by atoms with Crippen LogP contribution in [-0.4, -0.2) is 38.0 Å². The number of ether oxygens (including phenoxy) is 1. The van der Waals surface area contributed by atoms with Crippen molar-refractivity contribution in [3.63, 3.8) is 0 Å². The number of fused-ring (bicyclic) bond motifs is 1. The maximum absolute atomic E-state index is 14.6. The van der Waals surface area contributed by atoms with Crippen molar-refractivity contribution in [2.75, 3.05) is 18.9 Å². The average molecular weight is 541 g/mol. The molecule has 1 aliphatic rings. The van der Waals surface area contributed by atoms with Gasteiger partial charge in [0.25, 0.3) is 0 Å². The fraction of sp³-hybridized carbons (Fsp3) is 0.286. The highest BCUT2D eigenvalue weighted by molar-refractivity contribution is 5.81. The number of nitrogens with one attached hydrogen (secondary N) is 2.